The van der Waals surface area contributed by atoms with Crippen LogP contribution in [-0.4, -0.2) is 24.5 Å². The first-order valence-corrected chi connectivity index (χ1v) is 12.3. The molecule has 0 aromatic heterocycles. The Morgan fingerprint density at radius 2 is 2.05 bits per heavy atom. The number of benzene rings is 1. The van der Waals surface area contributed by atoms with Crippen LogP contribution in [0.25, 0.3) is 0 Å². The van der Waals surface area contributed by atoms with Gasteiger partial charge in [0.2, 0.25) is 0 Å². The molecular weight excluding hydrogens is 364 g/mol. The molecule has 1 fully saturated rings. The van der Waals surface area contributed by atoms with E-state index in [1.807, 2.05) is 19.1 Å². The van der Waals surface area contributed by atoms with E-state index in [-0.39, 0.29) is 0 Å². The van der Waals surface area contributed by atoms with E-state index in [2.05, 4.69) is 4.99 Å². The van der Waals surface area contributed by atoms with Gasteiger partial charge in [-0.15, -0.1) is 0 Å². The fourth-order valence-corrected chi connectivity index (χ4v) is 1.71. The number of aromatic hydroxyl groups is 1. The SMILES string of the molecule is COc1cc(C)c(O)c(C=NC2CCC2)c1.[Cl][Zr][Cl]. The molecule has 0 unspecified atom stereocenters. The Kier molecular flexibility index (Phi) is 8.05. The molecular formula is C13H17Cl2NO2Zr. The second-order valence-electron chi connectivity index (χ2n) is 4.32. The molecule has 1 aromatic rings. The van der Waals surface area contributed by atoms with Gasteiger partial charge in [-0.25, -0.2) is 0 Å². The number of methoxy groups -OCH3 is 1. The first-order chi connectivity index (χ1) is 9.12. The summed E-state index contributed by atoms with van der Waals surface area (Å²) in [6.45, 7) is 1.86. The van der Waals surface area contributed by atoms with E-state index in [1.54, 1.807) is 13.3 Å². The molecule has 0 radical (unpaired) electrons. The molecule has 0 saturated heterocycles. The number of nitrogens with zero attached hydrogens (tertiary/aromatic N) is 1. The first-order valence-electron chi connectivity index (χ1n) is 5.99. The second kappa shape index (κ2) is 8.99. The Bertz CT molecular complexity index is 437. The molecule has 1 aliphatic carbocycles. The number of ether oxygens (including phenoxy) is 1. The van der Waals surface area contributed by atoms with E-state index in [0.717, 1.165) is 16.9 Å². The maximum absolute atomic E-state index is 9.87. The number of aryl methyl sites for hydroxylation is 1. The van der Waals surface area contributed by atoms with Gasteiger partial charge in [0.05, 0.1) is 7.11 Å². The van der Waals surface area contributed by atoms with Crippen LogP contribution in [0.4, 0.5) is 0 Å². The summed E-state index contributed by atoms with van der Waals surface area (Å²) in [5, 5.41) is 9.87. The summed E-state index contributed by atoms with van der Waals surface area (Å²) in [7, 11) is 11.5. The molecule has 1 N–H and O–H groups in total. The fraction of sp³-hybridized carbons (Fsp3) is 0.462. The zero-order chi connectivity index (χ0) is 14.3. The van der Waals surface area contributed by atoms with E-state index in [1.165, 1.54) is 19.3 Å². The zero-order valence-electron chi connectivity index (χ0n) is 11.0. The Morgan fingerprint density at radius 3 is 2.53 bits per heavy atom. The van der Waals surface area contributed by atoms with Gasteiger partial charge in [-0.3, -0.25) is 4.99 Å². The molecule has 1 aliphatic rings. The van der Waals surface area contributed by atoms with Gasteiger partial charge in [0.1, 0.15) is 11.5 Å². The predicted octanol–water partition coefficient (Wildman–Crippen LogP) is 4.06. The van der Waals surface area contributed by atoms with Crippen LogP contribution in [0.3, 0.4) is 0 Å². The summed E-state index contributed by atoms with van der Waals surface area (Å²) in [5.74, 6) is 1.05. The van der Waals surface area contributed by atoms with E-state index in [4.69, 9.17) is 21.8 Å². The van der Waals surface area contributed by atoms with Gasteiger partial charge in [-0.05, 0) is 43.9 Å². The Labute approximate surface area is 132 Å². The number of halogens is 2. The molecule has 3 nitrogen and oxygen atoms in total. The van der Waals surface area contributed by atoms with E-state index in [9.17, 15) is 5.11 Å². The van der Waals surface area contributed by atoms with Crippen molar-refractivity contribution in [2.75, 3.05) is 7.11 Å². The van der Waals surface area contributed by atoms with Crippen molar-refractivity contribution in [1.82, 2.24) is 0 Å². The minimum atomic E-state index is -0.826. The van der Waals surface area contributed by atoms with Crippen molar-refractivity contribution in [3.05, 3.63) is 23.3 Å². The van der Waals surface area contributed by atoms with Gasteiger partial charge in [0, 0.05) is 17.8 Å². The molecule has 104 valence electrons. The average molecular weight is 381 g/mol. The summed E-state index contributed by atoms with van der Waals surface area (Å²) in [5.41, 5.74) is 1.55. The Hall–Kier alpha value is -0.0469. The first kappa shape index (κ1) is 17.0. The summed E-state index contributed by atoms with van der Waals surface area (Å²) in [6, 6.07) is 4.08. The predicted molar refractivity (Wildman–Crippen MR) is 76.3 cm³/mol. The van der Waals surface area contributed by atoms with Crippen LogP contribution in [0, 0.1) is 6.92 Å². The van der Waals surface area contributed by atoms with Crippen LogP contribution in [0.15, 0.2) is 17.1 Å². The number of phenols is 1. The van der Waals surface area contributed by atoms with Crippen LogP contribution in [0.5, 0.6) is 11.5 Å². The number of hydrogen-bond donors (Lipinski definition) is 1. The molecule has 0 heterocycles. The van der Waals surface area contributed by atoms with Crippen LogP contribution in [-0.2, 0) is 20.8 Å². The summed E-state index contributed by atoms with van der Waals surface area (Å²) in [4.78, 5) is 4.44. The van der Waals surface area contributed by atoms with Crippen LogP contribution >= 0.6 is 17.0 Å². The monoisotopic (exact) mass is 379 g/mol. The molecule has 1 aromatic carbocycles. The van der Waals surface area contributed by atoms with Crippen LogP contribution in [0.1, 0.15) is 30.4 Å². The van der Waals surface area contributed by atoms with E-state index in [0.29, 0.717) is 11.8 Å². The molecule has 0 aliphatic heterocycles. The molecule has 19 heavy (non-hydrogen) atoms. The summed E-state index contributed by atoms with van der Waals surface area (Å²) < 4.78 is 5.17. The van der Waals surface area contributed by atoms with Crippen LogP contribution in [0.2, 0.25) is 0 Å². The summed E-state index contributed by atoms with van der Waals surface area (Å²) in [6.07, 6.45) is 5.36. The summed E-state index contributed by atoms with van der Waals surface area (Å²) >= 11 is -0.826. The molecule has 2 rings (SSSR count). The van der Waals surface area contributed by atoms with Gasteiger partial charge < -0.3 is 9.84 Å². The van der Waals surface area contributed by atoms with Gasteiger partial charge in [0.15, 0.2) is 0 Å². The normalized spacial score (nSPS) is 14.5. The third-order valence-corrected chi connectivity index (χ3v) is 3.04. The molecule has 0 amide bonds. The van der Waals surface area contributed by atoms with Gasteiger partial charge in [-0.1, -0.05) is 0 Å². The molecule has 0 bridgehead atoms. The topological polar surface area (TPSA) is 41.8 Å². The van der Waals surface area contributed by atoms with Crippen molar-refractivity contribution in [3.8, 4) is 11.5 Å². The minimum absolute atomic E-state index is 0.295. The van der Waals surface area contributed by atoms with Crippen LogP contribution < -0.4 is 4.74 Å². The zero-order valence-corrected chi connectivity index (χ0v) is 15.0. The molecule has 6 heteroatoms. The number of aliphatic imine (C=N–C) groups is 1. The fourth-order valence-electron chi connectivity index (χ4n) is 1.71. The third-order valence-electron chi connectivity index (χ3n) is 3.04. The quantitative estimate of drug-likeness (QED) is 0.803. The molecule has 0 atom stereocenters. The van der Waals surface area contributed by atoms with Gasteiger partial charge in [0.25, 0.3) is 0 Å². The molecule has 1 saturated carbocycles. The Balaban J connectivity index is 0.000000550. The van der Waals surface area contributed by atoms with Crippen molar-refractivity contribution in [3.63, 3.8) is 0 Å². The van der Waals surface area contributed by atoms with E-state index < -0.39 is 20.8 Å². The number of phenolic OH excluding ortho intramolecular Hbond substituents is 1. The third kappa shape index (κ3) is 5.45. The van der Waals surface area contributed by atoms with Gasteiger partial charge in [-0.2, -0.15) is 0 Å². The number of hydrogen-bond acceptors (Lipinski definition) is 3. The van der Waals surface area contributed by atoms with Crippen molar-refractivity contribution in [2.45, 2.75) is 32.2 Å². The number of rotatable bonds is 3. The van der Waals surface area contributed by atoms with Crippen molar-refractivity contribution < 1.29 is 30.7 Å². The van der Waals surface area contributed by atoms with Crippen molar-refractivity contribution in [1.29, 1.82) is 0 Å². The maximum atomic E-state index is 9.87. The van der Waals surface area contributed by atoms with Crippen molar-refractivity contribution in [2.24, 2.45) is 4.99 Å². The van der Waals surface area contributed by atoms with Gasteiger partial charge >= 0.3 is 37.9 Å². The van der Waals surface area contributed by atoms with E-state index >= 15 is 0 Å². The molecule has 0 spiro atoms. The standard InChI is InChI=1S/C13H17NO2.2ClH.Zr/c1-9-6-12(16-2)7-10(13(9)15)8-14-11-4-3-5-11;;;/h6-8,11,15H,3-5H2,1-2H3;2*1H;/q;;;+2/p-2. The second-order valence-corrected chi connectivity index (χ2v) is 8.05. The average Bonchev–Trinajstić information content (AvgIpc) is 2.33. The Morgan fingerprint density at radius 1 is 1.42 bits per heavy atom. The van der Waals surface area contributed by atoms with Crippen molar-refractivity contribution >= 4 is 23.2 Å².